The first-order chi connectivity index (χ1) is 8.26. The summed E-state index contributed by atoms with van der Waals surface area (Å²) in [4.78, 5) is 2.53. The standard InChI is InChI=1S/C15H23NO/c1-15-6-5-14(11-13(15)12-15)17-10-9-16-7-3-2-4-8-16/h5-6,11,13H,2-4,7-10,12H2,1H3. The fourth-order valence-corrected chi connectivity index (χ4v) is 2.95. The Hall–Kier alpha value is -0.760. The van der Waals surface area contributed by atoms with E-state index in [1.165, 1.54) is 38.8 Å². The van der Waals surface area contributed by atoms with Gasteiger partial charge in [0, 0.05) is 6.54 Å². The number of nitrogens with zero attached hydrogens (tertiary/aromatic N) is 1. The van der Waals surface area contributed by atoms with Gasteiger partial charge in [0.1, 0.15) is 12.4 Å². The smallest absolute Gasteiger partial charge is 0.115 e. The van der Waals surface area contributed by atoms with Gasteiger partial charge in [0.25, 0.3) is 0 Å². The maximum atomic E-state index is 5.86. The van der Waals surface area contributed by atoms with E-state index in [2.05, 4.69) is 30.1 Å². The van der Waals surface area contributed by atoms with E-state index in [1.807, 2.05) is 0 Å². The molecule has 2 aliphatic carbocycles. The Bertz CT molecular complexity index is 341. The molecule has 2 unspecified atom stereocenters. The molecule has 2 nitrogen and oxygen atoms in total. The van der Waals surface area contributed by atoms with Gasteiger partial charge in [-0.05, 0) is 55.8 Å². The van der Waals surface area contributed by atoms with Gasteiger partial charge >= 0.3 is 0 Å². The molecule has 0 bridgehead atoms. The van der Waals surface area contributed by atoms with Gasteiger partial charge in [-0.25, -0.2) is 0 Å². The van der Waals surface area contributed by atoms with Gasteiger partial charge in [-0.2, -0.15) is 0 Å². The monoisotopic (exact) mass is 233 g/mol. The molecule has 3 aliphatic rings. The van der Waals surface area contributed by atoms with Crippen molar-refractivity contribution in [1.82, 2.24) is 4.90 Å². The van der Waals surface area contributed by atoms with E-state index in [9.17, 15) is 0 Å². The largest absolute Gasteiger partial charge is 0.493 e. The van der Waals surface area contributed by atoms with Crippen LogP contribution >= 0.6 is 0 Å². The van der Waals surface area contributed by atoms with Crippen molar-refractivity contribution in [3.63, 3.8) is 0 Å². The van der Waals surface area contributed by atoms with E-state index >= 15 is 0 Å². The summed E-state index contributed by atoms with van der Waals surface area (Å²) >= 11 is 0. The summed E-state index contributed by atoms with van der Waals surface area (Å²) in [7, 11) is 0. The molecule has 0 aromatic heterocycles. The number of allylic oxidation sites excluding steroid dienone is 3. The molecule has 2 heteroatoms. The molecule has 2 atom stereocenters. The molecule has 17 heavy (non-hydrogen) atoms. The van der Waals surface area contributed by atoms with Crippen molar-refractivity contribution in [3.05, 3.63) is 24.0 Å². The van der Waals surface area contributed by atoms with E-state index in [0.29, 0.717) is 5.41 Å². The highest BCUT2D eigenvalue weighted by Gasteiger charge is 2.48. The van der Waals surface area contributed by atoms with Gasteiger partial charge in [-0.1, -0.05) is 19.4 Å². The Morgan fingerprint density at radius 2 is 2.18 bits per heavy atom. The van der Waals surface area contributed by atoms with Crippen LogP contribution in [0.1, 0.15) is 32.6 Å². The lowest BCUT2D eigenvalue weighted by Crippen LogP contribution is -2.32. The summed E-state index contributed by atoms with van der Waals surface area (Å²) in [6.45, 7) is 6.79. The van der Waals surface area contributed by atoms with E-state index in [4.69, 9.17) is 4.74 Å². The minimum absolute atomic E-state index is 0.472. The van der Waals surface area contributed by atoms with Gasteiger partial charge in [0.05, 0.1) is 0 Å². The Labute approximate surface area is 104 Å². The van der Waals surface area contributed by atoms with Crippen LogP contribution in [0.3, 0.4) is 0 Å². The zero-order chi connectivity index (χ0) is 11.7. The third-order valence-electron chi connectivity index (χ3n) is 4.47. The van der Waals surface area contributed by atoms with Crippen molar-refractivity contribution in [3.8, 4) is 0 Å². The molecule has 1 heterocycles. The lowest BCUT2D eigenvalue weighted by molar-refractivity contribution is 0.147. The van der Waals surface area contributed by atoms with E-state index in [-0.39, 0.29) is 0 Å². The molecule has 1 aliphatic heterocycles. The maximum Gasteiger partial charge on any atom is 0.115 e. The molecule has 2 fully saturated rings. The quantitative estimate of drug-likeness (QED) is 0.740. The van der Waals surface area contributed by atoms with Crippen LogP contribution in [0.25, 0.3) is 0 Å². The molecule has 0 N–H and O–H groups in total. The van der Waals surface area contributed by atoms with E-state index in [0.717, 1.165) is 24.8 Å². The van der Waals surface area contributed by atoms with Crippen LogP contribution in [-0.4, -0.2) is 31.1 Å². The maximum absolute atomic E-state index is 5.86. The van der Waals surface area contributed by atoms with Crippen LogP contribution in [0.2, 0.25) is 0 Å². The molecule has 3 rings (SSSR count). The SMILES string of the molecule is CC12C=CC(OCCN3CCCCC3)=CC1C2. The topological polar surface area (TPSA) is 12.5 Å². The van der Waals surface area contributed by atoms with Gasteiger partial charge < -0.3 is 4.74 Å². The number of piperidine rings is 1. The molecule has 0 radical (unpaired) electrons. The molecule has 1 saturated carbocycles. The first-order valence-electron chi connectivity index (χ1n) is 7.02. The normalized spacial score (nSPS) is 36.3. The van der Waals surface area contributed by atoms with Crippen LogP contribution in [0.4, 0.5) is 0 Å². The second-order valence-corrected chi connectivity index (χ2v) is 5.97. The molecule has 0 aromatic carbocycles. The summed E-state index contributed by atoms with van der Waals surface area (Å²) < 4.78 is 5.86. The van der Waals surface area contributed by atoms with Crippen LogP contribution < -0.4 is 0 Å². The average molecular weight is 233 g/mol. The van der Waals surface area contributed by atoms with Crippen molar-refractivity contribution >= 4 is 0 Å². The Morgan fingerprint density at radius 3 is 2.94 bits per heavy atom. The van der Waals surface area contributed by atoms with Crippen LogP contribution in [-0.2, 0) is 4.74 Å². The fourth-order valence-electron chi connectivity index (χ4n) is 2.95. The molecule has 0 aromatic rings. The molecular weight excluding hydrogens is 210 g/mol. The second kappa shape index (κ2) is 4.49. The zero-order valence-electron chi connectivity index (χ0n) is 10.8. The number of rotatable bonds is 4. The Balaban J connectivity index is 1.40. The molecular formula is C15H23NO. The van der Waals surface area contributed by atoms with Crippen molar-refractivity contribution < 1.29 is 4.74 Å². The zero-order valence-corrected chi connectivity index (χ0v) is 10.8. The minimum Gasteiger partial charge on any atom is -0.493 e. The van der Waals surface area contributed by atoms with Gasteiger partial charge in [-0.3, -0.25) is 4.90 Å². The lowest BCUT2D eigenvalue weighted by Gasteiger charge is -2.26. The van der Waals surface area contributed by atoms with Crippen molar-refractivity contribution in [2.45, 2.75) is 32.6 Å². The number of hydrogen-bond donors (Lipinski definition) is 0. The van der Waals surface area contributed by atoms with Crippen molar-refractivity contribution in [2.24, 2.45) is 11.3 Å². The van der Waals surface area contributed by atoms with Gasteiger partial charge in [0.2, 0.25) is 0 Å². The average Bonchev–Trinajstić information content (AvgIpc) is 3.02. The number of fused-ring (bicyclic) bond motifs is 1. The Morgan fingerprint density at radius 1 is 1.35 bits per heavy atom. The number of likely N-dealkylation sites (tertiary alicyclic amines) is 1. The van der Waals surface area contributed by atoms with Gasteiger partial charge in [-0.15, -0.1) is 0 Å². The predicted octanol–water partition coefficient (Wildman–Crippen LogP) is 2.97. The Kier molecular flexibility index (Phi) is 2.99. The van der Waals surface area contributed by atoms with Crippen LogP contribution in [0.15, 0.2) is 24.0 Å². The minimum atomic E-state index is 0.472. The summed E-state index contributed by atoms with van der Waals surface area (Å²) in [6, 6.07) is 0. The number of hydrogen-bond acceptors (Lipinski definition) is 2. The third kappa shape index (κ3) is 2.57. The van der Waals surface area contributed by atoms with Crippen LogP contribution in [0, 0.1) is 11.3 Å². The first kappa shape index (κ1) is 11.3. The molecule has 94 valence electrons. The highest BCUT2D eigenvalue weighted by Crippen LogP contribution is 2.56. The second-order valence-electron chi connectivity index (χ2n) is 5.97. The van der Waals surface area contributed by atoms with Crippen molar-refractivity contribution in [1.29, 1.82) is 0 Å². The highest BCUT2D eigenvalue weighted by atomic mass is 16.5. The summed E-state index contributed by atoms with van der Waals surface area (Å²) in [5.41, 5.74) is 0.472. The highest BCUT2D eigenvalue weighted by molar-refractivity contribution is 5.31. The fraction of sp³-hybridized carbons (Fsp3) is 0.733. The number of ether oxygens (including phenoxy) is 1. The summed E-state index contributed by atoms with van der Waals surface area (Å²) in [5.74, 6) is 1.85. The van der Waals surface area contributed by atoms with Crippen LogP contribution in [0.5, 0.6) is 0 Å². The first-order valence-corrected chi connectivity index (χ1v) is 7.02. The lowest BCUT2D eigenvalue weighted by atomic mass is 10.0. The van der Waals surface area contributed by atoms with E-state index < -0.39 is 0 Å². The summed E-state index contributed by atoms with van der Waals surface area (Å²) in [5, 5.41) is 0. The predicted molar refractivity (Wildman–Crippen MR) is 69.7 cm³/mol. The summed E-state index contributed by atoms with van der Waals surface area (Å²) in [6.07, 6.45) is 12.3. The molecule has 0 amide bonds. The van der Waals surface area contributed by atoms with Gasteiger partial charge in [0.15, 0.2) is 0 Å². The van der Waals surface area contributed by atoms with Crippen molar-refractivity contribution in [2.75, 3.05) is 26.2 Å². The molecule has 1 saturated heterocycles. The molecule has 0 spiro atoms. The van der Waals surface area contributed by atoms with E-state index in [1.54, 1.807) is 0 Å². The third-order valence-corrected chi connectivity index (χ3v) is 4.47.